The lowest BCUT2D eigenvalue weighted by molar-refractivity contribution is 0.654. The van der Waals surface area contributed by atoms with Crippen molar-refractivity contribution in [3.63, 3.8) is 0 Å². The molecule has 0 spiro atoms. The third-order valence-corrected chi connectivity index (χ3v) is 2.72. The minimum absolute atomic E-state index is 0.0976. The lowest BCUT2D eigenvalue weighted by atomic mass is 10.3. The SMILES string of the molecule is CC(N)c1ncn(Cc2cccs2)n1. The van der Waals surface area contributed by atoms with Crippen LogP contribution in [0.15, 0.2) is 23.8 Å². The van der Waals surface area contributed by atoms with Crippen LogP contribution in [-0.2, 0) is 6.54 Å². The quantitative estimate of drug-likeness (QED) is 0.829. The Kier molecular flexibility index (Phi) is 2.60. The number of aromatic nitrogens is 3. The largest absolute Gasteiger partial charge is 0.321 e. The summed E-state index contributed by atoms with van der Waals surface area (Å²) in [4.78, 5) is 5.40. The summed E-state index contributed by atoms with van der Waals surface area (Å²) in [6, 6.07) is 4.01. The maximum Gasteiger partial charge on any atom is 0.166 e. The van der Waals surface area contributed by atoms with E-state index in [9.17, 15) is 0 Å². The van der Waals surface area contributed by atoms with E-state index in [2.05, 4.69) is 21.5 Å². The van der Waals surface area contributed by atoms with Gasteiger partial charge in [-0.05, 0) is 18.4 Å². The minimum atomic E-state index is -0.0976. The Bertz CT molecular complexity index is 391. The average molecular weight is 208 g/mol. The Morgan fingerprint density at radius 2 is 2.50 bits per heavy atom. The molecule has 2 aromatic rings. The predicted octanol–water partition coefficient (Wildman–Crippen LogP) is 1.41. The van der Waals surface area contributed by atoms with Crippen molar-refractivity contribution in [3.8, 4) is 0 Å². The van der Waals surface area contributed by atoms with Gasteiger partial charge < -0.3 is 5.73 Å². The van der Waals surface area contributed by atoms with Gasteiger partial charge in [0, 0.05) is 4.88 Å². The van der Waals surface area contributed by atoms with Crippen LogP contribution < -0.4 is 5.73 Å². The fraction of sp³-hybridized carbons (Fsp3) is 0.333. The van der Waals surface area contributed by atoms with Crippen molar-refractivity contribution in [1.82, 2.24) is 14.8 Å². The van der Waals surface area contributed by atoms with E-state index in [0.717, 1.165) is 6.54 Å². The van der Waals surface area contributed by atoms with Crippen molar-refractivity contribution in [3.05, 3.63) is 34.5 Å². The minimum Gasteiger partial charge on any atom is -0.321 e. The van der Waals surface area contributed by atoms with Crippen molar-refractivity contribution >= 4 is 11.3 Å². The maximum absolute atomic E-state index is 5.66. The lowest BCUT2D eigenvalue weighted by Crippen LogP contribution is -2.08. The standard InChI is InChI=1S/C9H12N4S/c1-7(10)9-11-6-13(12-9)5-8-3-2-4-14-8/h2-4,6-7H,5,10H2,1H3. The molecule has 0 fully saturated rings. The number of rotatable bonds is 3. The predicted molar refractivity (Wildman–Crippen MR) is 56.0 cm³/mol. The average Bonchev–Trinajstić information content (AvgIpc) is 2.75. The molecule has 2 rings (SSSR count). The van der Waals surface area contributed by atoms with Crippen molar-refractivity contribution in [1.29, 1.82) is 0 Å². The molecule has 0 aliphatic carbocycles. The fourth-order valence-corrected chi connectivity index (χ4v) is 1.85. The van der Waals surface area contributed by atoms with E-state index in [4.69, 9.17) is 5.73 Å². The normalized spacial score (nSPS) is 13.0. The highest BCUT2D eigenvalue weighted by atomic mass is 32.1. The fourth-order valence-electron chi connectivity index (χ4n) is 1.16. The van der Waals surface area contributed by atoms with Gasteiger partial charge in [-0.3, -0.25) is 0 Å². The molecule has 4 nitrogen and oxygen atoms in total. The second-order valence-electron chi connectivity index (χ2n) is 3.17. The summed E-state index contributed by atoms with van der Waals surface area (Å²) in [6.45, 7) is 2.65. The zero-order valence-corrected chi connectivity index (χ0v) is 8.74. The Balaban J connectivity index is 2.11. The van der Waals surface area contributed by atoms with Crippen LogP contribution in [0.2, 0.25) is 0 Å². The Morgan fingerprint density at radius 1 is 1.64 bits per heavy atom. The first-order chi connectivity index (χ1) is 6.75. The van der Waals surface area contributed by atoms with Gasteiger partial charge in [0.1, 0.15) is 6.33 Å². The van der Waals surface area contributed by atoms with Crippen LogP contribution >= 0.6 is 11.3 Å². The van der Waals surface area contributed by atoms with E-state index < -0.39 is 0 Å². The van der Waals surface area contributed by atoms with E-state index in [1.54, 1.807) is 17.7 Å². The summed E-state index contributed by atoms with van der Waals surface area (Å²) in [6.07, 6.45) is 1.72. The van der Waals surface area contributed by atoms with Gasteiger partial charge in [0.15, 0.2) is 5.82 Å². The first-order valence-corrected chi connectivity index (χ1v) is 5.31. The molecule has 0 radical (unpaired) electrons. The van der Waals surface area contributed by atoms with Crippen molar-refractivity contribution < 1.29 is 0 Å². The maximum atomic E-state index is 5.66. The molecule has 0 bridgehead atoms. The molecule has 0 aliphatic rings. The third-order valence-electron chi connectivity index (χ3n) is 1.86. The van der Waals surface area contributed by atoms with E-state index in [0.29, 0.717) is 5.82 Å². The summed E-state index contributed by atoms with van der Waals surface area (Å²) in [5.41, 5.74) is 5.66. The number of thiophene rings is 1. The van der Waals surface area contributed by atoms with Gasteiger partial charge in [0.05, 0.1) is 12.6 Å². The summed E-state index contributed by atoms with van der Waals surface area (Å²) >= 11 is 1.72. The molecule has 2 heterocycles. The second kappa shape index (κ2) is 3.89. The molecule has 0 amide bonds. The zero-order valence-electron chi connectivity index (χ0n) is 7.92. The molecule has 1 unspecified atom stereocenters. The van der Waals surface area contributed by atoms with E-state index >= 15 is 0 Å². The molecule has 0 saturated heterocycles. The van der Waals surface area contributed by atoms with Crippen molar-refractivity contribution in [2.75, 3.05) is 0 Å². The first-order valence-electron chi connectivity index (χ1n) is 4.43. The van der Waals surface area contributed by atoms with E-state index in [1.807, 2.05) is 17.7 Å². The number of nitrogens with two attached hydrogens (primary N) is 1. The van der Waals surface area contributed by atoms with Gasteiger partial charge in [-0.1, -0.05) is 6.07 Å². The van der Waals surface area contributed by atoms with Crippen LogP contribution in [0.1, 0.15) is 23.7 Å². The molecule has 0 aliphatic heterocycles. The van der Waals surface area contributed by atoms with Crippen LogP contribution in [0.4, 0.5) is 0 Å². The smallest absolute Gasteiger partial charge is 0.166 e. The Hall–Kier alpha value is -1.20. The second-order valence-corrected chi connectivity index (χ2v) is 4.20. The van der Waals surface area contributed by atoms with Crippen LogP contribution in [0, 0.1) is 0 Å². The van der Waals surface area contributed by atoms with Gasteiger partial charge in [-0.25, -0.2) is 9.67 Å². The summed E-state index contributed by atoms with van der Waals surface area (Å²) in [5, 5.41) is 6.33. The summed E-state index contributed by atoms with van der Waals surface area (Å²) in [7, 11) is 0. The van der Waals surface area contributed by atoms with Gasteiger partial charge in [0.2, 0.25) is 0 Å². The lowest BCUT2D eigenvalue weighted by Gasteiger charge is -1.98. The van der Waals surface area contributed by atoms with Gasteiger partial charge in [-0.15, -0.1) is 11.3 Å². The summed E-state index contributed by atoms with van der Waals surface area (Å²) < 4.78 is 1.81. The van der Waals surface area contributed by atoms with Gasteiger partial charge >= 0.3 is 0 Å². The van der Waals surface area contributed by atoms with Gasteiger partial charge in [-0.2, -0.15) is 5.10 Å². The van der Waals surface area contributed by atoms with Crippen LogP contribution in [-0.4, -0.2) is 14.8 Å². The Morgan fingerprint density at radius 3 is 3.07 bits per heavy atom. The Labute approximate surface area is 86.4 Å². The molecule has 2 N–H and O–H groups in total. The zero-order chi connectivity index (χ0) is 9.97. The molecule has 0 aromatic carbocycles. The molecule has 0 saturated carbocycles. The van der Waals surface area contributed by atoms with Crippen molar-refractivity contribution in [2.45, 2.75) is 19.5 Å². The molecule has 14 heavy (non-hydrogen) atoms. The monoisotopic (exact) mass is 208 g/mol. The number of hydrogen-bond donors (Lipinski definition) is 1. The van der Waals surface area contributed by atoms with Crippen LogP contribution in [0.5, 0.6) is 0 Å². The molecule has 1 atom stereocenters. The van der Waals surface area contributed by atoms with E-state index in [-0.39, 0.29) is 6.04 Å². The molecule has 2 aromatic heterocycles. The highest BCUT2D eigenvalue weighted by Crippen LogP contribution is 2.10. The molecular formula is C9H12N4S. The van der Waals surface area contributed by atoms with Gasteiger partial charge in [0.25, 0.3) is 0 Å². The van der Waals surface area contributed by atoms with Crippen LogP contribution in [0.25, 0.3) is 0 Å². The van der Waals surface area contributed by atoms with E-state index in [1.165, 1.54) is 4.88 Å². The van der Waals surface area contributed by atoms with Crippen molar-refractivity contribution in [2.24, 2.45) is 5.73 Å². The number of hydrogen-bond acceptors (Lipinski definition) is 4. The highest BCUT2D eigenvalue weighted by molar-refractivity contribution is 7.09. The third kappa shape index (κ3) is 2.00. The first kappa shape index (κ1) is 9.36. The molecule has 5 heteroatoms. The molecular weight excluding hydrogens is 196 g/mol. The topological polar surface area (TPSA) is 56.7 Å². The number of nitrogens with zero attached hydrogens (tertiary/aromatic N) is 3. The van der Waals surface area contributed by atoms with Crippen LogP contribution in [0.3, 0.4) is 0 Å². The molecule has 74 valence electrons. The highest BCUT2D eigenvalue weighted by Gasteiger charge is 2.05. The summed E-state index contributed by atoms with van der Waals surface area (Å²) in [5.74, 6) is 0.696.